The molecule has 0 fully saturated rings. The highest BCUT2D eigenvalue weighted by Gasteiger charge is 2.08. The molecule has 0 heterocycles. The summed E-state index contributed by atoms with van der Waals surface area (Å²) < 4.78 is 18.3. The number of ether oxygens (including phenoxy) is 1. The zero-order chi connectivity index (χ0) is 16.7. The Morgan fingerprint density at radius 3 is 2.65 bits per heavy atom. The van der Waals surface area contributed by atoms with Crippen LogP contribution in [0.4, 0.5) is 14.9 Å². The predicted octanol–water partition coefficient (Wildman–Crippen LogP) is 4.24. The number of carbonyl (C=O) groups is 1. The monoisotopic (exact) mass is 336 g/mol. The number of hydrogen-bond acceptors (Lipinski definition) is 2. The van der Waals surface area contributed by atoms with E-state index in [1.807, 2.05) is 6.92 Å². The van der Waals surface area contributed by atoms with E-state index in [0.717, 1.165) is 5.56 Å². The average Bonchev–Trinajstić information content (AvgIpc) is 2.52. The number of amides is 2. The molecular formula is C17H18ClFN2O2. The van der Waals surface area contributed by atoms with Crippen LogP contribution >= 0.6 is 11.6 Å². The Kier molecular flexibility index (Phi) is 6.23. The number of hydrogen-bond donors (Lipinski definition) is 2. The van der Waals surface area contributed by atoms with Gasteiger partial charge >= 0.3 is 6.03 Å². The quantitative estimate of drug-likeness (QED) is 0.828. The third-order valence-electron chi connectivity index (χ3n) is 3.10. The van der Waals surface area contributed by atoms with Crippen LogP contribution in [0.1, 0.15) is 12.5 Å². The van der Waals surface area contributed by atoms with E-state index in [4.69, 9.17) is 16.3 Å². The maximum atomic E-state index is 12.8. The van der Waals surface area contributed by atoms with Crippen molar-refractivity contribution in [2.45, 2.75) is 13.3 Å². The van der Waals surface area contributed by atoms with E-state index in [-0.39, 0.29) is 11.8 Å². The van der Waals surface area contributed by atoms with Crippen molar-refractivity contribution < 1.29 is 13.9 Å². The molecule has 0 unspecified atom stereocenters. The van der Waals surface area contributed by atoms with Crippen molar-refractivity contribution in [2.75, 3.05) is 18.5 Å². The Balaban J connectivity index is 1.87. The van der Waals surface area contributed by atoms with E-state index < -0.39 is 0 Å². The summed E-state index contributed by atoms with van der Waals surface area (Å²) in [6, 6.07) is 10.9. The van der Waals surface area contributed by atoms with Gasteiger partial charge in [-0.1, -0.05) is 23.7 Å². The summed E-state index contributed by atoms with van der Waals surface area (Å²) in [5, 5.41) is 5.96. The number of benzene rings is 2. The van der Waals surface area contributed by atoms with Crippen molar-refractivity contribution >= 4 is 23.3 Å². The molecule has 0 atom stereocenters. The number of anilines is 1. The van der Waals surface area contributed by atoms with Crippen LogP contribution in [0.5, 0.6) is 5.75 Å². The first kappa shape index (κ1) is 17.1. The minimum atomic E-state index is -0.352. The van der Waals surface area contributed by atoms with Crippen molar-refractivity contribution in [1.29, 1.82) is 0 Å². The third kappa shape index (κ3) is 5.45. The fourth-order valence-electron chi connectivity index (χ4n) is 2.02. The molecule has 0 aliphatic heterocycles. The summed E-state index contributed by atoms with van der Waals surface area (Å²) >= 11 is 5.94. The summed E-state index contributed by atoms with van der Waals surface area (Å²) in [5.41, 5.74) is 1.46. The van der Waals surface area contributed by atoms with Crippen molar-refractivity contribution in [3.8, 4) is 5.75 Å². The molecule has 0 aliphatic carbocycles. The molecule has 6 heteroatoms. The average molecular weight is 337 g/mol. The van der Waals surface area contributed by atoms with Crippen LogP contribution in [0.15, 0.2) is 42.5 Å². The Bertz CT molecular complexity index is 662. The summed E-state index contributed by atoms with van der Waals surface area (Å²) in [7, 11) is 0. The summed E-state index contributed by atoms with van der Waals surface area (Å²) in [5.74, 6) is 0.287. The minimum Gasteiger partial charge on any atom is -0.492 e. The highest BCUT2D eigenvalue weighted by atomic mass is 35.5. The van der Waals surface area contributed by atoms with Gasteiger partial charge in [0.15, 0.2) is 0 Å². The number of rotatable bonds is 6. The van der Waals surface area contributed by atoms with Gasteiger partial charge in [0.05, 0.1) is 12.3 Å². The fraction of sp³-hybridized carbons (Fsp3) is 0.235. The molecule has 0 spiro atoms. The summed E-state index contributed by atoms with van der Waals surface area (Å²) in [6.45, 7) is 2.78. The van der Waals surface area contributed by atoms with E-state index in [9.17, 15) is 9.18 Å². The van der Waals surface area contributed by atoms with Gasteiger partial charge < -0.3 is 15.4 Å². The van der Waals surface area contributed by atoms with Crippen LogP contribution in [0.2, 0.25) is 5.02 Å². The Labute approximate surface area is 139 Å². The number of halogens is 2. The van der Waals surface area contributed by atoms with Crippen LogP contribution in [0, 0.1) is 5.82 Å². The van der Waals surface area contributed by atoms with Crippen LogP contribution in [-0.4, -0.2) is 19.2 Å². The van der Waals surface area contributed by atoms with Gasteiger partial charge in [0.2, 0.25) is 0 Å². The predicted molar refractivity (Wildman–Crippen MR) is 89.7 cm³/mol. The topological polar surface area (TPSA) is 50.4 Å². The van der Waals surface area contributed by atoms with Crippen LogP contribution in [0.25, 0.3) is 0 Å². The lowest BCUT2D eigenvalue weighted by Gasteiger charge is -2.12. The maximum absolute atomic E-state index is 12.8. The second-order valence-electron chi connectivity index (χ2n) is 4.83. The lowest BCUT2D eigenvalue weighted by molar-refractivity contribution is 0.252. The lowest BCUT2D eigenvalue weighted by Crippen LogP contribution is -2.30. The van der Waals surface area contributed by atoms with Crippen LogP contribution in [0.3, 0.4) is 0 Å². The molecule has 2 amide bonds. The molecule has 122 valence electrons. The van der Waals surface area contributed by atoms with Gasteiger partial charge in [-0.2, -0.15) is 0 Å². The molecule has 0 bridgehead atoms. The normalized spacial score (nSPS) is 10.2. The van der Waals surface area contributed by atoms with Crippen molar-refractivity contribution in [3.63, 3.8) is 0 Å². The molecule has 0 radical (unpaired) electrons. The SMILES string of the molecule is CCOc1ccc(Cl)cc1NC(=O)NCCc1ccc(F)cc1. The Hall–Kier alpha value is -2.27. The van der Waals surface area contributed by atoms with Crippen molar-refractivity contribution in [2.24, 2.45) is 0 Å². The van der Waals surface area contributed by atoms with Gasteiger partial charge in [-0.15, -0.1) is 0 Å². The molecule has 0 saturated carbocycles. The maximum Gasteiger partial charge on any atom is 0.319 e. The van der Waals surface area contributed by atoms with E-state index in [1.165, 1.54) is 12.1 Å². The smallest absolute Gasteiger partial charge is 0.319 e. The lowest BCUT2D eigenvalue weighted by atomic mass is 10.1. The van der Waals surface area contributed by atoms with E-state index in [2.05, 4.69) is 10.6 Å². The molecule has 4 nitrogen and oxygen atoms in total. The highest BCUT2D eigenvalue weighted by Crippen LogP contribution is 2.27. The molecule has 2 aromatic rings. The number of nitrogens with one attached hydrogen (secondary N) is 2. The van der Waals surface area contributed by atoms with E-state index >= 15 is 0 Å². The van der Waals surface area contributed by atoms with Gasteiger partial charge in [-0.05, 0) is 49.2 Å². The van der Waals surface area contributed by atoms with Gasteiger partial charge in [0.25, 0.3) is 0 Å². The number of carbonyl (C=O) groups excluding carboxylic acids is 1. The molecule has 23 heavy (non-hydrogen) atoms. The fourth-order valence-corrected chi connectivity index (χ4v) is 2.19. The van der Waals surface area contributed by atoms with Crippen LogP contribution in [-0.2, 0) is 6.42 Å². The first-order valence-corrected chi connectivity index (χ1v) is 7.68. The third-order valence-corrected chi connectivity index (χ3v) is 3.34. The molecule has 0 saturated heterocycles. The Morgan fingerprint density at radius 2 is 1.96 bits per heavy atom. The second kappa shape index (κ2) is 8.39. The summed E-state index contributed by atoms with van der Waals surface area (Å²) in [6.07, 6.45) is 0.613. The molecule has 2 N–H and O–H groups in total. The largest absolute Gasteiger partial charge is 0.492 e. The first-order chi connectivity index (χ1) is 11.1. The minimum absolute atomic E-state index is 0.274. The van der Waals surface area contributed by atoms with Gasteiger partial charge in [-0.3, -0.25) is 0 Å². The summed E-state index contributed by atoms with van der Waals surface area (Å²) in [4.78, 5) is 11.9. The zero-order valence-electron chi connectivity index (χ0n) is 12.7. The van der Waals surface area contributed by atoms with E-state index in [0.29, 0.717) is 36.0 Å². The molecule has 2 rings (SSSR count). The van der Waals surface area contributed by atoms with Gasteiger partial charge in [0.1, 0.15) is 11.6 Å². The van der Waals surface area contributed by atoms with Gasteiger partial charge in [0, 0.05) is 11.6 Å². The molecule has 0 aliphatic rings. The molecule has 0 aromatic heterocycles. The zero-order valence-corrected chi connectivity index (χ0v) is 13.5. The van der Waals surface area contributed by atoms with Crippen LogP contribution < -0.4 is 15.4 Å². The second-order valence-corrected chi connectivity index (χ2v) is 5.27. The van der Waals surface area contributed by atoms with Gasteiger partial charge in [-0.25, -0.2) is 9.18 Å². The van der Waals surface area contributed by atoms with Crippen molar-refractivity contribution in [1.82, 2.24) is 5.32 Å². The highest BCUT2D eigenvalue weighted by molar-refractivity contribution is 6.31. The Morgan fingerprint density at radius 1 is 1.22 bits per heavy atom. The van der Waals surface area contributed by atoms with Crippen molar-refractivity contribution in [3.05, 3.63) is 58.9 Å². The molecule has 2 aromatic carbocycles. The standard InChI is InChI=1S/C17H18ClFN2O2/c1-2-23-16-8-5-13(18)11-15(16)21-17(22)20-10-9-12-3-6-14(19)7-4-12/h3-8,11H,2,9-10H2,1H3,(H2,20,21,22). The first-order valence-electron chi connectivity index (χ1n) is 7.30. The molecular weight excluding hydrogens is 319 g/mol. The van der Waals surface area contributed by atoms with E-state index in [1.54, 1.807) is 30.3 Å². The number of urea groups is 1.